The highest BCUT2D eigenvalue weighted by Crippen LogP contribution is 2.28. The lowest BCUT2D eigenvalue weighted by atomic mass is 9.87. The Hall–Kier alpha value is -0.410. The Morgan fingerprint density at radius 1 is 1.20 bits per heavy atom. The van der Waals surface area contributed by atoms with Crippen LogP contribution in [0.15, 0.2) is 22.7 Å². The van der Waals surface area contributed by atoms with Gasteiger partial charge in [0.05, 0.1) is 0 Å². The van der Waals surface area contributed by atoms with Gasteiger partial charge in [0.25, 0.3) is 0 Å². The number of benzene rings is 1. The van der Waals surface area contributed by atoms with E-state index in [1.165, 1.54) is 44.6 Å². The maximum atomic E-state index is 13.5. The largest absolute Gasteiger partial charge is 0.314 e. The lowest BCUT2D eigenvalue weighted by molar-refractivity contribution is 0.321. The van der Waals surface area contributed by atoms with Gasteiger partial charge in [-0.2, -0.15) is 0 Å². The summed E-state index contributed by atoms with van der Waals surface area (Å²) in [7, 11) is 0. The summed E-state index contributed by atoms with van der Waals surface area (Å²) in [6.07, 6.45) is 9.00. The normalized spacial score (nSPS) is 18.8. The van der Waals surface area contributed by atoms with Crippen molar-refractivity contribution >= 4 is 15.9 Å². The highest BCUT2D eigenvalue weighted by Gasteiger charge is 2.22. The van der Waals surface area contributed by atoms with E-state index < -0.39 is 0 Å². The first kappa shape index (κ1) is 16.0. The Bertz CT molecular complexity index is 393. The van der Waals surface area contributed by atoms with Crippen LogP contribution >= 0.6 is 15.9 Å². The predicted molar refractivity (Wildman–Crippen MR) is 86.5 cm³/mol. The molecule has 0 aromatic heterocycles. The van der Waals surface area contributed by atoms with E-state index in [0.29, 0.717) is 6.04 Å². The summed E-state index contributed by atoms with van der Waals surface area (Å²) >= 11 is 3.39. The SMILES string of the molecule is CCNC(Cc1cc(F)cc(Br)c1)C1CCCCCC1. The van der Waals surface area contributed by atoms with E-state index >= 15 is 0 Å². The predicted octanol–water partition coefficient (Wildman–Crippen LogP) is 5.08. The van der Waals surface area contributed by atoms with E-state index in [2.05, 4.69) is 28.2 Å². The van der Waals surface area contributed by atoms with Gasteiger partial charge in [-0.1, -0.05) is 48.5 Å². The quantitative estimate of drug-likeness (QED) is 0.736. The smallest absolute Gasteiger partial charge is 0.124 e. The number of nitrogens with one attached hydrogen (secondary N) is 1. The molecule has 1 aromatic carbocycles. The van der Waals surface area contributed by atoms with E-state index in [1.54, 1.807) is 6.07 Å². The molecular formula is C17H25BrFN. The minimum absolute atomic E-state index is 0.148. The van der Waals surface area contributed by atoms with Crippen LogP contribution in [0.1, 0.15) is 51.0 Å². The molecule has 0 aliphatic heterocycles. The second kappa shape index (κ2) is 8.14. The molecular weight excluding hydrogens is 317 g/mol. The number of hydrogen-bond donors (Lipinski definition) is 1. The summed E-state index contributed by atoms with van der Waals surface area (Å²) in [5.41, 5.74) is 1.09. The molecule has 1 unspecified atom stereocenters. The van der Waals surface area contributed by atoms with Crippen molar-refractivity contribution < 1.29 is 4.39 Å². The molecule has 0 saturated heterocycles. The fourth-order valence-corrected chi connectivity index (χ4v) is 3.88. The molecule has 2 rings (SSSR count). The maximum Gasteiger partial charge on any atom is 0.124 e. The van der Waals surface area contributed by atoms with Crippen LogP contribution in [-0.4, -0.2) is 12.6 Å². The summed E-state index contributed by atoms with van der Waals surface area (Å²) in [4.78, 5) is 0. The van der Waals surface area contributed by atoms with Crippen molar-refractivity contribution in [3.05, 3.63) is 34.1 Å². The third kappa shape index (κ3) is 4.85. The Morgan fingerprint density at radius 2 is 1.90 bits per heavy atom. The summed E-state index contributed by atoms with van der Waals surface area (Å²) in [5, 5.41) is 3.63. The molecule has 0 radical (unpaired) electrons. The molecule has 1 fully saturated rings. The van der Waals surface area contributed by atoms with Crippen molar-refractivity contribution in [1.82, 2.24) is 5.32 Å². The zero-order chi connectivity index (χ0) is 14.4. The fraction of sp³-hybridized carbons (Fsp3) is 0.647. The maximum absolute atomic E-state index is 13.5. The average Bonchev–Trinajstić information content (AvgIpc) is 2.65. The van der Waals surface area contributed by atoms with Crippen molar-refractivity contribution in [2.45, 2.75) is 57.9 Å². The van der Waals surface area contributed by atoms with Crippen LogP contribution in [-0.2, 0) is 6.42 Å². The zero-order valence-corrected chi connectivity index (χ0v) is 13.9. The van der Waals surface area contributed by atoms with E-state index in [4.69, 9.17) is 0 Å². The van der Waals surface area contributed by atoms with Crippen molar-refractivity contribution in [3.63, 3.8) is 0 Å². The van der Waals surface area contributed by atoms with Crippen LogP contribution in [0.4, 0.5) is 4.39 Å². The summed E-state index contributed by atoms with van der Waals surface area (Å²) < 4.78 is 14.4. The topological polar surface area (TPSA) is 12.0 Å². The highest BCUT2D eigenvalue weighted by molar-refractivity contribution is 9.10. The monoisotopic (exact) mass is 341 g/mol. The third-order valence-corrected chi connectivity index (χ3v) is 4.77. The Labute approximate surface area is 130 Å². The van der Waals surface area contributed by atoms with Crippen molar-refractivity contribution in [2.75, 3.05) is 6.54 Å². The van der Waals surface area contributed by atoms with E-state index in [-0.39, 0.29) is 5.82 Å². The first-order valence-corrected chi connectivity index (χ1v) is 8.66. The second-order valence-corrected chi connectivity index (χ2v) is 6.81. The lowest BCUT2D eigenvalue weighted by Crippen LogP contribution is -2.38. The second-order valence-electron chi connectivity index (χ2n) is 5.90. The standard InChI is InChI=1S/C17H25BrFN/c1-2-20-17(14-7-5-3-4-6-8-14)11-13-9-15(18)12-16(19)10-13/h9-10,12,14,17,20H,2-8,11H2,1H3. The van der Waals surface area contributed by atoms with Crippen LogP contribution in [0.25, 0.3) is 0 Å². The lowest BCUT2D eigenvalue weighted by Gasteiger charge is -2.27. The van der Waals surface area contributed by atoms with Gasteiger partial charge in [-0.15, -0.1) is 0 Å². The van der Waals surface area contributed by atoms with E-state index in [9.17, 15) is 4.39 Å². The van der Waals surface area contributed by atoms with Crippen molar-refractivity contribution in [1.29, 1.82) is 0 Å². The van der Waals surface area contributed by atoms with Gasteiger partial charge in [-0.25, -0.2) is 4.39 Å². The number of hydrogen-bond acceptors (Lipinski definition) is 1. The van der Waals surface area contributed by atoms with E-state index in [0.717, 1.165) is 28.9 Å². The molecule has 0 heterocycles. The van der Waals surface area contributed by atoms with Gasteiger partial charge in [0.2, 0.25) is 0 Å². The molecule has 20 heavy (non-hydrogen) atoms. The van der Waals surface area contributed by atoms with Gasteiger partial charge in [-0.05, 0) is 55.5 Å². The molecule has 3 heteroatoms. The van der Waals surface area contributed by atoms with Crippen molar-refractivity contribution in [2.24, 2.45) is 5.92 Å². The van der Waals surface area contributed by atoms with Crippen molar-refractivity contribution in [3.8, 4) is 0 Å². The molecule has 1 N–H and O–H groups in total. The van der Waals surface area contributed by atoms with Gasteiger partial charge >= 0.3 is 0 Å². The Morgan fingerprint density at radius 3 is 2.50 bits per heavy atom. The average molecular weight is 342 g/mol. The molecule has 0 amide bonds. The Kier molecular flexibility index (Phi) is 6.50. The van der Waals surface area contributed by atoms with E-state index in [1.807, 2.05) is 6.07 Å². The molecule has 112 valence electrons. The summed E-state index contributed by atoms with van der Waals surface area (Å²) in [6.45, 7) is 3.14. The molecule has 1 aliphatic carbocycles. The Balaban J connectivity index is 2.07. The van der Waals surface area contributed by atoms with Crippen LogP contribution < -0.4 is 5.32 Å². The van der Waals surface area contributed by atoms with Crippen LogP contribution in [0.2, 0.25) is 0 Å². The summed E-state index contributed by atoms with van der Waals surface area (Å²) in [6, 6.07) is 5.72. The number of likely N-dealkylation sites (N-methyl/N-ethyl adjacent to an activating group) is 1. The van der Waals surface area contributed by atoms with Gasteiger partial charge in [0, 0.05) is 10.5 Å². The summed E-state index contributed by atoms with van der Waals surface area (Å²) in [5.74, 6) is 0.588. The van der Waals surface area contributed by atoms with Gasteiger partial charge in [-0.3, -0.25) is 0 Å². The minimum atomic E-state index is -0.148. The molecule has 1 aliphatic rings. The minimum Gasteiger partial charge on any atom is -0.314 e. The first-order chi connectivity index (χ1) is 9.69. The molecule has 1 atom stereocenters. The van der Waals surface area contributed by atoms with Crippen LogP contribution in [0, 0.1) is 11.7 Å². The molecule has 1 saturated carbocycles. The molecule has 1 aromatic rings. The molecule has 1 nitrogen and oxygen atoms in total. The third-order valence-electron chi connectivity index (χ3n) is 4.31. The molecule has 0 spiro atoms. The number of rotatable bonds is 5. The van der Waals surface area contributed by atoms with Crippen LogP contribution in [0.5, 0.6) is 0 Å². The highest BCUT2D eigenvalue weighted by atomic mass is 79.9. The van der Waals surface area contributed by atoms with Crippen LogP contribution in [0.3, 0.4) is 0 Å². The van der Waals surface area contributed by atoms with Gasteiger partial charge < -0.3 is 5.32 Å². The fourth-order valence-electron chi connectivity index (χ4n) is 3.36. The van der Waals surface area contributed by atoms with Gasteiger partial charge in [0.1, 0.15) is 5.82 Å². The first-order valence-electron chi connectivity index (χ1n) is 7.87. The molecule has 0 bridgehead atoms. The number of halogens is 2. The van der Waals surface area contributed by atoms with Gasteiger partial charge in [0.15, 0.2) is 0 Å². The zero-order valence-electron chi connectivity index (χ0n) is 12.3.